The average Bonchev–Trinajstić information content (AvgIpc) is 2.90. The summed E-state index contributed by atoms with van der Waals surface area (Å²) < 4.78 is 11.2. The molecule has 0 bridgehead atoms. The number of hydrogen-bond donors (Lipinski definition) is 1. The van der Waals surface area contributed by atoms with Gasteiger partial charge < -0.3 is 14.3 Å². The van der Waals surface area contributed by atoms with E-state index >= 15 is 0 Å². The molecule has 1 aromatic carbocycles. The van der Waals surface area contributed by atoms with Crippen molar-refractivity contribution < 1.29 is 14.3 Å². The fourth-order valence-corrected chi connectivity index (χ4v) is 2.75. The Morgan fingerprint density at radius 2 is 2.05 bits per heavy atom. The van der Waals surface area contributed by atoms with Crippen LogP contribution in [0.3, 0.4) is 0 Å². The van der Waals surface area contributed by atoms with Crippen molar-refractivity contribution in [3.8, 4) is 11.5 Å². The third-order valence-corrected chi connectivity index (χ3v) is 3.78. The van der Waals surface area contributed by atoms with Crippen molar-refractivity contribution in [2.24, 2.45) is 0 Å². The summed E-state index contributed by atoms with van der Waals surface area (Å²) in [5, 5.41) is 10.2. The summed E-state index contributed by atoms with van der Waals surface area (Å²) in [5.74, 6) is 0.937. The molecule has 112 valence electrons. The minimum Gasteiger partial charge on any atom is -0.507 e. The Labute approximate surface area is 122 Å². The van der Waals surface area contributed by atoms with Crippen molar-refractivity contribution in [3.63, 3.8) is 0 Å². The van der Waals surface area contributed by atoms with Crippen LogP contribution in [-0.4, -0.2) is 36.2 Å². The summed E-state index contributed by atoms with van der Waals surface area (Å²) in [5.41, 5.74) is 0.117. The molecule has 0 atom stereocenters. The highest BCUT2D eigenvalue weighted by Crippen LogP contribution is 2.28. The SMILES string of the molecule is Cc1cc(=O)c2c(O)cc(OCCN3CCCC3)cc2o1. The maximum atomic E-state index is 11.9. The number of aromatic hydroxyl groups is 1. The largest absolute Gasteiger partial charge is 0.507 e. The summed E-state index contributed by atoms with van der Waals surface area (Å²) in [7, 11) is 0. The fourth-order valence-electron chi connectivity index (χ4n) is 2.75. The number of likely N-dealkylation sites (tertiary alicyclic amines) is 1. The minimum absolute atomic E-state index is 0.0996. The van der Waals surface area contributed by atoms with Gasteiger partial charge in [-0.05, 0) is 32.9 Å². The van der Waals surface area contributed by atoms with E-state index in [2.05, 4.69) is 4.90 Å². The number of hydrogen-bond acceptors (Lipinski definition) is 5. The summed E-state index contributed by atoms with van der Waals surface area (Å²) in [6.45, 7) is 5.39. The lowest BCUT2D eigenvalue weighted by Gasteiger charge is -2.15. The van der Waals surface area contributed by atoms with Crippen molar-refractivity contribution in [3.05, 3.63) is 34.2 Å². The van der Waals surface area contributed by atoms with Gasteiger partial charge in [-0.25, -0.2) is 0 Å². The molecular formula is C16H19NO4. The second-order valence-corrected chi connectivity index (χ2v) is 5.43. The van der Waals surface area contributed by atoms with Gasteiger partial charge in [0.2, 0.25) is 0 Å². The molecule has 3 rings (SSSR count). The predicted molar refractivity (Wildman–Crippen MR) is 80.1 cm³/mol. The molecule has 1 aliphatic heterocycles. The zero-order valence-corrected chi connectivity index (χ0v) is 12.1. The first-order valence-corrected chi connectivity index (χ1v) is 7.26. The lowest BCUT2D eigenvalue weighted by molar-refractivity contribution is 0.237. The predicted octanol–water partition coefficient (Wildman–Crippen LogP) is 2.28. The molecule has 1 aromatic heterocycles. The Morgan fingerprint density at radius 1 is 1.29 bits per heavy atom. The monoisotopic (exact) mass is 289 g/mol. The molecule has 0 aliphatic carbocycles. The van der Waals surface area contributed by atoms with Crippen molar-refractivity contribution >= 4 is 11.0 Å². The molecule has 1 fully saturated rings. The molecule has 2 aromatic rings. The van der Waals surface area contributed by atoms with Crippen molar-refractivity contribution in [1.29, 1.82) is 0 Å². The van der Waals surface area contributed by atoms with Gasteiger partial charge in [-0.3, -0.25) is 9.69 Å². The number of aryl methyl sites for hydroxylation is 1. The van der Waals surface area contributed by atoms with Crippen LogP contribution in [0.15, 0.2) is 27.4 Å². The topological polar surface area (TPSA) is 62.9 Å². The number of phenolic OH excluding ortho intramolecular Hbond substituents is 1. The number of fused-ring (bicyclic) bond motifs is 1. The molecule has 0 unspecified atom stereocenters. The Hall–Kier alpha value is -2.01. The summed E-state index contributed by atoms with van der Waals surface area (Å²) in [6.07, 6.45) is 2.50. The van der Waals surface area contributed by atoms with Gasteiger partial charge in [-0.1, -0.05) is 0 Å². The molecular weight excluding hydrogens is 270 g/mol. The van der Waals surface area contributed by atoms with E-state index in [1.165, 1.54) is 25.0 Å². The van der Waals surface area contributed by atoms with Crippen LogP contribution in [0.2, 0.25) is 0 Å². The smallest absolute Gasteiger partial charge is 0.196 e. The second kappa shape index (κ2) is 5.77. The first-order chi connectivity index (χ1) is 10.1. The molecule has 0 spiro atoms. The van der Waals surface area contributed by atoms with Crippen molar-refractivity contribution in [2.75, 3.05) is 26.2 Å². The molecule has 2 heterocycles. The second-order valence-electron chi connectivity index (χ2n) is 5.43. The van der Waals surface area contributed by atoms with Crippen LogP contribution in [-0.2, 0) is 0 Å². The third kappa shape index (κ3) is 3.03. The molecule has 1 aliphatic rings. The number of benzene rings is 1. The van der Waals surface area contributed by atoms with Crippen molar-refractivity contribution in [2.45, 2.75) is 19.8 Å². The van der Waals surface area contributed by atoms with Crippen LogP contribution in [0, 0.1) is 6.92 Å². The fraction of sp³-hybridized carbons (Fsp3) is 0.438. The van der Waals surface area contributed by atoms with Crippen LogP contribution in [0.4, 0.5) is 0 Å². The minimum atomic E-state index is -0.241. The average molecular weight is 289 g/mol. The third-order valence-electron chi connectivity index (χ3n) is 3.78. The number of rotatable bonds is 4. The molecule has 0 saturated carbocycles. The molecule has 5 nitrogen and oxygen atoms in total. The highest BCUT2D eigenvalue weighted by molar-refractivity contribution is 5.84. The van der Waals surface area contributed by atoms with E-state index in [9.17, 15) is 9.90 Å². The van der Waals surface area contributed by atoms with Crippen LogP contribution < -0.4 is 10.2 Å². The van der Waals surface area contributed by atoms with Gasteiger partial charge >= 0.3 is 0 Å². The zero-order chi connectivity index (χ0) is 14.8. The van der Waals surface area contributed by atoms with Gasteiger partial charge in [-0.2, -0.15) is 0 Å². The molecule has 0 amide bonds. The standard InChI is InChI=1S/C16H19NO4/c1-11-8-13(18)16-14(19)9-12(10-15(16)21-11)20-7-6-17-4-2-3-5-17/h8-10,19H,2-7H2,1H3. The van der Waals surface area contributed by atoms with Gasteiger partial charge in [-0.15, -0.1) is 0 Å². The van der Waals surface area contributed by atoms with E-state index in [1.54, 1.807) is 13.0 Å². The zero-order valence-electron chi connectivity index (χ0n) is 12.1. The maximum absolute atomic E-state index is 11.9. The van der Waals surface area contributed by atoms with Gasteiger partial charge in [0.1, 0.15) is 34.8 Å². The van der Waals surface area contributed by atoms with Crippen LogP contribution in [0.25, 0.3) is 11.0 Å². The summed E-state index contributed by atoms with van der Waals surface area (Å²) in [4.78, 5) is 14.2. The van der Waals surface area contributed by atoms with E-state index in [-0.39, 0.29) is 16.6 Å². The lowest BCUT2D eigenvalue weighted by Crippen LogP contribution is -2.25. The molecule has 21 heavy (non-hydrogen) atoms. The van der Waals surface area contributed by atoms with Gasteiger partial charge in [0.25, 0.3) is 0 Å². The Kier molecular flexibility index (Phi) is 3.84. The summed E-state index contributed by atoms with van der Waals surface area (Å²) in [6, 6.07) is 4.50. The Morgan fingerprint density at radius 3 is 2.81 bits per heavy atom. The van der Waals surface area contributed by atoms with E-state index < -0.39 is 0 Å². The van der Waals surface area contributed by atoms with Crippen molar-refractivity contribution in [1.82, 2.24) is 4.90 Å². The summed E-state index contributed by atoms with van der Waals surface area (Å²) >= 11 is 0. The van der Waals surface area contributed by atoms with Crippen LogP contribution in [0.1, 0.15) is 18.6 Å². The van der Waals surface area contributed by atoms with Crippen LogP contribution in [0.5, 0.6) is 11.5 Å². The van der Waals surface area contributed by atoms with E-state index in [4.69, 9.17) is 9.15 Å². The highest BCUT2D eigenvalue weighted by atomic mass is 16.5. The maximum Gasteiger partial charge on any atom is 0.196 e. The van der Waals surface area contributed by atoms with E-state index in [0.29, 0.717) is 23.7 Å². The quantitative estimate of drug-likeness (QED) is 0.935. The van der Waals surface area contributed by atoms with E-state index in [0.717, 1.165) is 19.6 Å². The Bertz CT molecular complexity index is 701. The highest BCUT2D eigenvalue weighted by Gasteiger charge is 2.13. The number of nitrogens with zero attached hydrogens (tertiary/aromatic N) is 1. The normalized spacial score (nSPS) is 15.7. The Balaban J connectivity index is 1.78. The van der Waals surface area contributed by atoms with Gasteiger partial charge in [0.05, 0.1) is 0 Å². The molecule has 1 N–H and O–H groups in total. The first kappa shape index (κ1) is 13.9. The molecule has 1 saturated heterocycles. The van der Waals surface area contributed by atoms with E-state index in [1.807, 2.05) is 0 Å². The first-order valence-electron chi connectivity index (χ1n) is 7.26. The lowest BCUT2D eigenvalue weighted by atomic mass is 10.2. The number of phenols is 1. The molecule has 0 radical (unpaired) electrons. The van der Waals surface area contributed by atoms with Crippen LogP contribution >= 0.6 is 0 Å². The van der Waals surface area contributed by atoms with Gasteiger partial charge in [0, 0.05) is 24.7 Å². The molecule has 5 heteroatoms. The van der Waals surface area contributed by atoms with Gasteiger partial charge in [0.15, 0.2) is 5.43 Å². The number of ether oxygens (including phenoxy) is 1.